The molecule has 0 aliphatic heterocycles. The summed E-state index contributed by atoms with van der Waals surface area (Å²) in [5.41, 5.74) is 0.819. The Morgan fingerprint density at radius 1 is 1.31 bits per heavy atom. The summed E-state index contributed by atoms with van der Waals surface area (Å²) in [5, 5.41) is 11.4. The van der Waals surface area contributed by atoms with Crippen LogP contribution in [0.15, 0.2) is 24.3 Å². The average molecular weight is 226 g/mol. The van der Waals surface area contributed by atoms with Crippen molar-refractivity contribution in [2.75, 3.05) is 11.9 Å². The zero-order valence-corrected chi connectivity index (χ0v) is 8.62. The molecule has 0 atom stereocenters. The number of ether oxygens (including phenoxy) is 1. The number of hydrogen-bond donors (Lipinski definition) is 1. The van der Waals surface area contributed by atoms with Crippen LogP contribution in [0.5, 0.6) is 5.75 Å². The molecule has 0 aliphatic carbocycles. The first-order valence-electron chi connectivity index (χ1n) is 4.88. The second kappa shape index (κ2) is 6.62. The zero-order valence-electron chi connectivity index (χ0n) is 8.62. The molecule has 0 bridgehead atoms. The third-order valence-electron chi connectivity index (χ3n) is 1.87. The minimum Gasteiger partial charge on any atom is -0.435 e. The highest BCUT2D eigenvalue weighted by atomic mass is 19.3. The van der Waals surface area contributed by atoms with Crippen LogP contribution >= 0.6 is 0 Å². The van der Waals surface area contributed by atoms with Gasteiger partial charge in [-0.3, -0.25) is 0 Å². The van der Waals surface area contributed by atoms with Crippen LogP contribution in [-0.2, 0) is 0 Å². The maximum atomic E-state index is 11.8. The van der Waals surface area contributed by atoms with Gasteiger partial charge < -0.3 is 10.1 Å². The van der Waals surface area contributed by atoms with Gasteiger partial charge in [-0.25, -0.2) is 0 Å². The molecular formula is C11H12F2N2O. The van der Waals surface area contributed by atoms with Crippen molar-refractivity contribution >= 4 is 5.69 Å². The highest BCUT2D eigenvalue weighted by Crippen LogP contribution is 2.17. The molecule has 0 aliphatic rings. The van der Waals surface area contributed by atoms with Crippen molar-refractivity contribution < 1.29 is 13.5 Å². The Morgan fingerprint density at radius 2 is 2.00 bits per heavy atom. The van der Waals surface area contributed by atoms with Crippen LogP contribution in [0.1, 0.15) is 12.8 Å². The number of nitrogens with one attached hydrogen (secondary N) is 1. The van der Waals surface area contributed by atoms with E-state index in [1.807, 2.05) is 6.07 Å². The van der Waals surface area contributed by atoms with Crippen molar-refractivity contribution in [3.8, 4) is 11.8 Å². The minimum absolute atomic E-state index is 0.137. The summed E-state index contributed by atoms with van der Waals surface area (Å²) < 4.78 is 27.9. The Labute approximate surface area is 92.6 Å². The van der Waals surface area contributed by atoms with Gasteiger partial charge in [-0.2, -0.15) is 14.0 Å². The van der Waals surface area contributed by atoms with E-state index in [-0.39, 0.29) is 5.75 Å². The number of anilines is 1. The van der Waals surface area contributed by atoms with E-state index in [0.717, 1.165) is 12.1 Å². The molecule has 5 heteroatoms. The maximum absolute atomic E-state index is 11.8. The third kappa shape index (κ3) is 4.60. The Hall–Kier alpha value is -1.83. The smallest absolute Gasteiger partial charge is 0.387 e. The molecule has 0 heterocycles. The molecule has 0 saturated heterocycles. The molecule has 1 rings (SSSR count). The van der Waals surface area contributed by atoms with Crippen LogP contribution in [0.2, 0.25) is 0 Å². The van der Waals surface area contributed by atoms with Crippen molar-refractivity contribution in [3.05, 3.63) is 24.3 Å². The summed E-state index contributed by atoms with van der Waals surface area (Å²) >= 11 is 0. The summed E-state index contributed by atoms with van der Waals surface area (Å²) in [4.78, 5) is 0. The molecule has 0 aromatic heterocycles. The Bertz CT molecular complexity index is 346. The molecule has 0 unspecified atom stereocenters. The summed E-state index contributed by atoms with van der Waals surface area (Å²) in [6.07, 6.45) is 1.26. The normalized spacial score (nSPS) is 9.88. The first kappa shape index (κ1) is 12.2. The molecule has 16 heavy (non-hydrogen) atoms. The molecule has 1 N–H and O–H groups in total. The molecule has 0 saturated carbocycles. The monoisotopic (exact) mass is 226 g/mol. The van der Waals surface area contributed by atoms with Crippen LogP contribution in [-0.4, -0.2) is 13.2 Å². The van der Waals surface area contributed by atoms with Crippen LogP contribution in [0.3, 0.4) is 0 Å². The molecule has 0 fully saturated rings. The number of nitriles is 1. The van der Waals surface area contributed by atoms with Crippen molar-refractivity contribution in [3.63, 3.8) is 0 Å². The first-order chi connectivity index (χ1) is 7.72. The molecule has 0 radical (unpaired) electrons. The summed E-state index contributed by atoms with van der Waals surface area (Å²) in [6.45, 7) is -2.11. The van der Waals surface area contributed by atoms with Gasteiger partial charge in [-0.15, -0.1) is 0 Å². The van der Waals surface area contributed by atoms with Gasteiger partial charge in [0.25, 0.3) is 0 Å². The van der Waals surface area contributed by atoms with Gasteiger partial charge in [0.1, 0.15) is 5.75 Å². The Morgan fingerprint density at radius 3 is 2.56 bits per heavy atom. The fraction of sp³-hybridized carbons (Fsp3) is 0.364. The van der Waals surface area contributed by atoms with E-state index in [9.17, 15) is 8.78 Å². The fourth-order valence-corrected chi connectivity index (χ4v) is 1.15. The van der Waals surface area contributed by atoms with E-state index in [0.29, 0.717) is 13.0 Å². The number of nitrogens with zero attached hydrogens (tertiary/aromatic N) is 1. The Balaban J connectivity index is 2.37. The topological polar surface area (TPSA) is 45.0 Å². The van der Waals surface area contributed by atoms with E-state index in [1.165, 1.54) is 12.1 Å². The fourth-order valence-electron chi connectivity index (χ4n) is 1.15. The standard InChI is InChI=1S/C11H12F2N2O/c12-11(13)16-10-5-3-9(4-6-10)15-8-2-1-7-14/h3-6,11,15H,1-2,8H2. The van der Waals surface area contributed by atoms with Crippen molar-refractivity contribution in [2.45, 2.75) is 19.5 Å². The maximum Gasteiger partial charge on any atom is 0.387 e. The second-order valence-electron chi connectivity index (χ2n) is 3.09. The van der Waals surface area contributed by atoms with E-state index in [2.05, 4.69) is 10.1 Å². The SMILES string of the molecule is N#CCCCNc1ccc(OC(F)F)cc1. The molecule has 3 nitrogen and oxygen atoms in total. The van der Waals surface area contributed by atoms with E-state index < -0.39 is 6.61 Å². The lowest BCUT2D eigenvalue weighted by molar-refractivity contribution is -0.0498. The number of rotatable bonds is 6. The number of benzene rings is 1. The second-order valence-corrected chi connectivity index (χ2v) is 3.09. The molecule has 86 valence electrons. The summed E-state index contributed by atoms with van der Waals surface area (Å²) in [7, 11) is 0. The number of hydrogen-bond acceptors (Lipinski definition) is 3. The molecule has 1 aromatic rings. The van der Waals surface area contributed by atoms with Crippen molar-refractivity contribution in [2.24, 2.45) is 0 Å². The predicted octanol–water partition coefficient (Wildman–Crippen LogP) is 3.00. The number of halogens is 2. The summed E-state index contributed by atoms with van der Waals surface area (Å²) in [6, 6.07) is 8.30. The van der Waals surface area contributed by atoms with E-state index >= 15 is 0 Å². The van der Waals surface area contributed by atoms with Gasteiger partial charge in [-0.1, -0.05) is 0 Å². The molecular weight excluding hydrogens is 214 g/mol. The van der Waals surface area contributed by atoms with Gasteiger partial charge in [-0.05, 0) is 30.7 Å². The number of unbranched alkanes of at least 4 members (excludes halogenated alkanes) is 1. The van der Waals surface area contributed by atoms with Gasteiger partial charge in [0.05, 0.1) is 6.07 Å². The summed E-state index contributed by atoms with van der Waals surface area (Å²) in [5.74, 6) is 0.137. The highest BCUT2D eigenvalue weighted by molar-refractivity contribution is 5.46. The predicted molar refractivity (Wildman–Crippen MR) is 56.4 cm³/mol. The van der Waals surface area contributed by atoms with Crippen molar-refractivity contribution in [1.82, 2.24) is 0 Å². The molecule has 1 aromatic carbocycles. The number of alkyl halides is 2. The van der Waals surface area contributed by atoms with E-state index in [1.54, 1.807) is 12.1 Å². The van der Waals surface area contributed by atoms with Crippen LogP contribution < -0.4 is 10.1 Å². The minimum atomic E-state index is -2.80. The average Bonchev–Trinajstić information content (AvgIpc) is 2.26. The Kier molecular flexibility index (Phi) is 5.06. The lowest BCUT2D eigenvalue weighted by Crippen LogP contribution is -2.03. The van der Waals surface area contributed by atoms with Crippen LogP contribution in [0.4, 0.5) is 14.5 Å². The van der Waals surface area contributed by atoms with Gasteiger partial charge in [0.15, 0.2) is 0 Å². The zero-order chi connectivity index (χ0) is 11.8. The lowest BCUT2D eigenvalue weighted by atomic mass is 10.3. The van der Waals surface area contributed by atoms with Crippen LogP contribution in [0, 0.1) is 11.3 Å². The van der Waals surface area contributed by atoms with Crippen molar-refractivity contribution in [1.29, 1.82) is 5.26 Å². The lowest BCUT2D eigenvalue weighted by Gasteiger charge is -2.07. The quantitative estimate of drug-likeness (QED) is 0.758. The largest absolute Gasteiger partial charge is 0.435 e. The van der Waals surface area contributed by atoms with E-state index in [4.69, 9.17) is 5.26 Å². The van der Waals surface area contributed by atoms with Gasteiger partial charge >= 0.3 is 6.61 Å². The van der Waals surface area contributed by atoms with Crippen LogP contribution in [0.25, 0.3) is 0 Å². The van der Waals surface area contributed by atoms with Gasteiger partial charge in [0, 0.05) is 18.7 Å². The molecule has 0 spiro atoms. The highest BCUT2D eigenvalue weighted by Gasteiger charge is 2.03. The third-order valence-corrected chi connectivity index (χ3v) is 1.87. The first-order valence-corrected chi connectivity index (χ1v) is 4.88. The van der Waals surface area contributed by atoms with Gasteiger partial charge in [0.2, 0.25) is 0 Å². The molecule has 0 amide bonds.